The van der Waals surface area contributed by atoms with Crippen LogP contribution in [0, 0.1) is 0 Å². The molecule has 1 atom stereocenters. The first kappa shape index (κ1) is 19.4. The highest BCUT2D eigenvalue weighted by molar-refractivity contribution is 5.85. The van der Waals surface area contributed by atoms with Gasteiger partial charge in [-0.25, -0.2) is 4.79 Å². The molecule has 2 aromatic rings. The van der Waals surface area contributed by atoms with Crippen LogP contribution in [-0.4, -0.2) is 37.9 Å². The van der Waals surface area contributed by atoms with E-state index < -0.39 is 18.7 Å². The largest absolute Gasteiger partial charge is 0.493 e. The third-order valence-corrected chi connectivity index (χ3v) is 4.18. The lowest BCUT2D eigenvalue weighted by atomic mass is 10.1. The fourth-order valence-corrected chi connectivity index (χ4v) is 2.58. The molecule has 3 rings (SSSR count). The Labute approximate surface area is 162 Å². The van der Waals surface area contributed by atoms with Crippen molar-refractivity contribution in [2.45, 2.75) is 25.0 Å². The van der Waals surface area contributed by atoms with E-state index in [4.69, 9.17) is 14.2 Å². The van der Waals surface area contributed by atoms with Gasteiger partial charge in [0.25, 0.3) is 5.91 Å². The number of carbonyl (C=O) groups is 3. The molecule has 1 N–H and O–H groups in total. The molecule has 2 aromatic carbocycles. The van der Waals surface area contributed by atoms with Gasteiger partial charge >= 0.3 is 5.97 Å². The molecule has 7 heteroatoms. The van der Waals surface area contributed by atoms with E-state index in [1.54, 1.807) is 30.3 Å². The second-order valence-electron chi connectivity index (χ2n) is 6.38. The van der Waals surface area contributed by atoms with E-state index in [2.05, 4.69) is 5.32 Å². The van der Waals surface area contributed by atoms with E-state index in [1.165, 1.54) is 19.2 Å². The number of hydrogen-bond acceptors (Lipinski definition) is 6. The topological polar surface area (TPSA) is 90.9 Å². The van der Waals surface area contributed by atoms with Gasteiger partial charge in [-0.2, -0.15) is 0 Å². The summed E-state index contributed by atoms with van der Waals surface area (Å²) in [7, 11) is 1.43. The van der Waals surface area contributed by atoms with Gasteiger partial charge in [0.2, 0.25) is 6.10 Å². The first-order chi connectivity index (χ1) is 13.6. The molecule has 0 aromatic heterocycles. The van der Waals surface area contributed by atoms with E-state index in [0.717, 1.165) is 12.8 Å². The number of carbonyl (C=O) groups excluding carboxylic acids is 3. The van der Waals surface area contributed by atoms with Crippen LogP contribution >= 0.6 is 0 Å². The number of amides is 1. The van der Waals surface area contributed by atoms with Crippen molar-refractivity contribution in [1.29, 1.82) is 0 Å². The van der Waals surface area contributed by atoms with Crippen molar-refractivity contribution >= 4 is 18.2 Å². The Hall–Kier alpha value is -3.35. The Bertz CT molecular complexity index is 847. The molecule has 0 radical (unpaired) electrons. The highest BCUT2D eigenvalue weighted by Gasteiger charge is 2.30. The zero-order valence-corrected chi connectivity index (χ0v) is 15.4. The monoisotopic (exact) mass is 383 g/mol. The number of ether oxygens (including phenoxy) is 3. The number of benzene rings is 2. The van der Waals surface area contributed by atoms with Gasteiger partial charge < -0.3 is 19.5 Å². The predicted molar refractivity (Wildman–Crippen MR) is 100 cm³/mol. The van der Waals surface area contributed by atoms with Crippen molar-refractivity contribution in [3.63, 3.8) is 0 Å². The van der Waals surface area contributed by atoms with Gasteiger partial charge in [-0.1, -0.05) is 30.3 Å². The molecule has 0 spiro atoms. The van der Waals surface area contributed by atoms with Crippen LogP contribution in [0.15, 0.2) is 48.5 Å². The SMILES string of the molecule is COc1cc(C=O)ccc1OCC(=O)O[C@@H](C(=O)NC1CC1)c1ccccc1. The molecule has 1 fully saturated rings. The maximum atomic E-state index is 12.5. The van der Waals surface area contributed by atoms with Crippen LogP contribution in [-0.2, 0) is 14.3 Å². The average molecular weight is 383 g/mol. The van der Waals surface area contributed by atoms with Crippen molar-refractivity contribution in [3.8, 4) is 11.5 Å². The van der Waals surface area contributed by atoms with Crippen molar-refractivity contribution < 1.29 is 28.6 Å². The molecule has 1 aliphatic rings. The van der Waals surface area contributed by atoms with E-state index >= 15 is 0 Å². The van der Waals surface area contributed by atoms with Crippen LogP contribution in [0.3, 0.4) is 0 Å². The minimum absolute atomic E-state index is 0.147. The lowest BCUT2D eigenvalue weighted by molar-refractivity contribution is -0.158. The van der Waals surface area contributed by atoms with Crippen molar-refractivity contribution in [3.05, 3.63) is 59.7 Å². The molecule has 1 saturated carbocycles. The Morgan fingerprint density at radius 3 is 2.54 bits per heavy atom. The first-order valence-electron chi connectivity index (χ1n) is 8.91. The standard InChI is InChI=1S/C21H21NO6/c1-26-18-11-14(12-23)7-10-17(18)27-13-19(24)28-20(15-5-3-2-4-6-15)21(25)22-16-8-9-16/h2-7,10-12,16,20H,8-9,13H2,1H3,(H,22,25)/t20-/m1/s1. The summed E-state index contributed by atoms with van der Waals surface area (Å²) in [6.45, 7) is -0.406. The van der Waals surface area contributed by atoms with E-state index in [-0.39, 0.29) is 11.9 Å². The second-order valence-corrected chi connectivity index (χ2v) is 6.38. The summed E-state index contributed by atoms with van der Waals surface area (Å²) in [5, 5.41) is 2.85. The molecule has 0 saturated heterocycles. The van der Waals surface area contributed by atoms with Crippen LogP contribution in [0.2, 0.25) is 0 Å². The molecular weight excluding hydrogens is 362 g/mol. The van der Waals surface area contributed by atoms with E-state index in [9.17, 15) is 14.4 Å². The van der Waals surface area contributed by atoms with Gasteiger partial charge in [0, 0.05) is 17.2 Å². The molecule has 0 bridgehead atoms. The Kier molecular flexibility index (Phi) is 6.26. The first-order valence-corrected chi connectivity index (χ1v) is 8.91. The number of methoxy groups -OCH3 is 1. The van der Waals surface area contributed by atoms with Gasteiger partial charge in [-0.05, 0) is 31.0 Å². The number of aldehydes is 1. The lowest BCUT2D eigenvalue weighted by Gasteiger charge is -2.18. The third kappa shape index (κ3) is 5.09. The molecule has 28 heavy (non-hydrogen) atoms. The van der Waals surface area contributed by atoms with Crippen LogP contribution in [0.5, 0.6) is 11.5 Å². The predicted octanol–water partition coefficient (Wildman–Crippen LogP) is 2.45. The molecule has 1 aliphatic carbocycles. The Morgan fingerprint density at radius 1 is 1.14 bits per heavy atom. The fraction of sp³-hybridized carbons (Fsp3) is 0.286. The second kappa shape index (κ2) is 9.03. The van der Waals surface area contributed by atoms with Crippen molar-refractivity contribution in [2.75, 3.05) is 13.7 Å². The number of rotatable bonds is 9. The van der Waals surface area contributed by atoms with Crippen LogP contribution in [0.1, 0.15) is 34.9 Å². The average Bonchev–Trinajstić information content (AvgIpc) is 3.54. The lowest BCUT2D eigenvalue weighted by Crippen LogP contribution is -2.34. The van der Waals surface area contributed by atoms with Gasteiger partial charge in [0.15, 0.2) is 18.1 Å². The number of nitrogens with one attached hydrogen (secondary N) is 1. The smallest absolute Gasteiger partial charge is 0.345 e. The van der Waals surface area contributed by atoms with Gasteiger partial charge in [0.1, 0.15) is 6.29 Å². The molecule has 0 aliphatic heterocycles. The summed E-state index contributed by atoms with van der Waals surface area (Å²) in [6.07, 6.45) is 1.50. The summed E-state index contributed by atoms with van der Waals surface area (Å²) in [5.74, 6) is -0.427. The molecule has 1 amide bonds. The summed E-state index contributed by atoms with van der Waals surface area (Å²) >= 11 is 0. The number of esters is 1. The summed E-state index contributed by atoms with van der Waals surface area (Å²) in [6, 6.07) is 13.6. The Morgan fingerprint density at radius 2 is 1.89 bits per heavy atom. The molecular formula is C21H21NO6. The van der Waals surface area contributed by atoms with Crippen LogP contribution in [0.25, 0.3) is 0 Å². The summed E-state index contributed by atoms with van der Waals surface area (Å²) in [5.41, 5.74) is 1.01. The summed E-state index contributed by atoms with van der Waals surface area (Å²) < 4.78 is 16.0. The normalized spacial score (nSPS) is 13.9. The minimum Gasteiger partial charge on any atom is -0.493 e. The Balaban J connectivity index is 1.65. The zero-order chi connectivity index (χ0) is 19.9. The van der Waals surface area contributed by atoms with Gasteiger partial charge in [-0.15, -0.1) is 0 Å². The van der Waals surface area contributed by atoms with Crippen molar-refractivity contribution in [2.24, 2.45) is 0 Å². The quantitative estimate of drug-likeness (QED) is 0.528. The zero-order valence-electron chi connectivity index (χ0n) is 15.4. The number of hydrogen-bond donors (Lipinski definition) is 1. The minimum atomic E-state index is -1.04. The van der Waals surface area contributed by atoms with Crippen LogP contribution in [0.4, 0.5) is 0 Å². The van der Waals surface area contributed by atoms with Gasteiger partial charge in [0.05, 0.1) is 7.11 Å². The van der Waals surface area contributed by atoms with Gasteiger partial charge in [-0.3, -0.25) is 9.59 Å². The highest BCUT2D eigenvalue weighted by Crippen LogP contribution is 2.28. The maximum absolute atomic E-state index is 12.5. The molecule has 7 nitrogen and oxygen atoms in total. The van der Waals surface area contributed by atoms with Crippen LogP contribution < -0.4 is 14.8 Å². The maximum Gasteiger partial charge on any atom is 0.345 e. The molecule has 0 heterocycles. The molecule has 146 valence electrons. The van der Waals surface area contributed by atoms with E-state index in [0.29, 0.717) is 28.9 Å². The fourth-order valence-electron chi connectivity index (χ4n) is 2.58. The highest BCUT2D eigenvalue weighted by atomic mass is 16.6. The third-order valence-electron chi connectivity index (χ3n) is 4.18. The summed E-state index contributed by atoms with van der Waals surface area (Å²) in [4.78, 5) is 35.6. The van der Waals surface area contributed by atoms with E-state index in [1.807, 2.05) is 6.07 Å². The van der Waals surface area contributed by atoms with Crippen molar-refractivity contribution in [1.82, 2.24) is 5.32 Å². The molecule has 0 unspecified atom stereocenters.